The van der Waals surface area contributed by atoms with Crippen LogP contribution in [0.15, 0.2) is 10.2 Å². The molecule has 0 aliphatic carbocycles. The second kappa shape index (κ2) is 7.59. The topological polar surface area (TPSA) is 68.3 Å². The molecule has 114 valence electrons. The quantitative estimate of drug-likeness (QED) is 0.828. The Morgan fingerprint density at radius 3 is 2.65 bits per heavy atom. The van der Waals surface area contributed by atoms with Crippen molar-refractivity contribution in [1.29, 1.82) is 0 Å². The molecule has 5 nitrogen and oxygen atoms in total. The second-order valence-electron chi connectivity index (χ2n) is 5.56. The number of nitrogens with zero attached hydrogens (tertiary/aromatic N) is 2. The number of aromatic nitrogens is 1. The van der Waals surface area contributed by atoms with Crippen LogP contribution < -0.4 is 10.6 Å². The molecule has 1 aromatic rings. The number of aryl methyl sites for hydroxylation is 1. The van der Waals surface area contributed by atoms with Crippen molar-refractivity contribution in [2.24, 2.45) is 11.7 Å². The fourth-order valence-corrected chi connectivity index (χ4v) is 2.63. The number of amides is 1. The van der Waals surface area contributed by atoms with Gasteiger partial charge in [-0.15, -0.1) is 0 Å². The molecule has 6 heteroatoms. The van der Waals surface area contributed by atoms with Gasteiger partial charge in [0.2, 0.25) is 5.91 Å². The zero-order chi connectivity index (χ0) is 15.3. The van der Waals surface area contributed by atoms with Gasteiger partial charge in [-0.3, -0.25) is 9.59 Å². The standard InChI is InChI=1S/C14H25N3O2S/c1-10(2)12(15)5-7-16(4)13(18)6-8-17-11(3)9-20-14(17)19/h9-10,12H,5-8,15H2,1-4H3. The maximum Gasteiger partial charge on any atom is 0.307 e. The minimum Gasteiger partial charge on any atom is -0.346 e. The van der Waals surface area contributed by atoms with E-state index in [0.717, 1.165) is 12.1 Å². The van der Waals surface area contributed by atoms with Gasteiger partial charge in [0.1, 0.15) is 0 Å². The molecular formula is C14H25N3O2S. The molecule has 0 radical (unpaired) electrons. The molecule has 1 atom stereocenters. The number of nitrogens with two attached hydrogens (primary N) is 1. The SMILES string of the molecule is Cc1csc(=O)n1CCC(=O)N(C)CCC(N)C(C)C. The molecule has 1 heterocycles. The third-order valence-corrected chi connectivity index (χ3v) is 4.49. The van der Waals surface area contributed by atoms with Gasteiger partial charge >= 0.3 is 4.87 Å². The average molecular weight is 299 g/mol. The number of thiazole rings is 1. The molecule has 0 spiro atoms. The first kappa shape index (κ1) is 16.9. The molecule has 1 aromatic heterocycles. The molecule has 1 unspecified atom stereocenters. The molecule has 1 amide bonds. The maximum atomic E-state index is 12.0. The zero-order valence-corrected chi connectivity index (χ0v) is 13.6. The lowest BCUT2D eigenvalue weighted by Crippen LogP contribution is -2.35. The largest absolute Gasteiger partial charge is 0.346 e. The van der Waals surface area contributed by atoms with Gasteiger partial charge in [-0.1, -0.05) is 25.2 Å². The van der Waals surface area contributed by atoms with E-state index >= 15 is 0 Å². The fraction of sp³-hybridized carbons (Fsp3) is 0.714. The number of carbonyl (C=O) groups is 1. The highest BCUT2D eigenvalue weighted by atomic mass is 32.1. The van der Waals surface area contributed by atoms with Gasteiger partial charge in [-0.25, -0.2) is 0 Å². The molecule has 20 heavy (non-hydrogen) atoms. The third-order valence-electron chi connectivity index (χ3n) is 3.61. The highest BCUT2D eigenvalue weighted by Gasteiger charge is 2.13. The summed E-state index contributed by atoms with van der Waals surface area (Å²) >= 11 is 1.17. The van der Waals surface area contributed by atoms with Crippen LogP contribution in [0.3, 0.4) is 0 Å². The Bertz CT molecular complexity index is 493. The Kier molecular flexibility index (Phi) is 6.42. The highest BCUT2D eigenvalue weighted by Crippen LogP contribution is 2.05. The van der Waals surface area contributed by atoms with Gasteiger partial charge < -0.3 is 15.2 Å². The van der Waals surface area contributed by atoms with Gasteiger partial charge in [-0.2, -0.15) is 0 Å². The molecule has 0 bridgehead atoms. The summed E-state index contributed by atoms with van der Waals surface area (Å²) in [5, 5.41) is 1.82. The Hall–Kier alpha value is -1.14. The number of carbonyl (C=O) groups excluding carboxylic acids is 1. The predicted molar refractivity (Wildman–Crippen MR) is 83.0 cm³/mol. The molecule has 0 aliphatic heterocycles. The van der Waals surface area contributed by atoms with E-state index in [2.05, 4.69) is 13.8 Å². The Morgan fingerprint density at radius 1 is 1.50 bits per heavy atom. The number of rotatable bonds is 7. The van der Waals surface area contributed by atoms with Crippen molar-refractivity contribution in [2.75, 3.05) is 13.6 Å². The van der Waals surface area contributed by atoms with Crippen LogP contribution in [0.5, 0.6) is 0 Å². The summed E-state index contributed by atoms with van der Waals surface area (Å²) < 4.78 is 1.65. The lowest BCUT2D eigenvalue weighted by atomic mass is 10.0. The van der Waals surface area contributed by atoms with Crippen molar-refractivity contribution in [3.63, 3.8) is 0 Å². The lowest BCUT2D eigenvalue weighted by molar-refractivity contribution is -0.130. The predicted octanol–water partition coefficient (Wildman–Crippen LogP) is 1.44. The molecule has 1 rings (SSSR count). The molecule has 2 N–H and O–H groups in total. The van der Waals surface area contributed by atoms with E-state index < -0.39 is 0 Å². The summed E-state index contributed by atoms with van der Waals surface area (Å²) in [5.74, 6) is 0.476. The van der Waals surface area contributed by atoms with Crippen molar-refractivity contribution >= 4 is 17.2 Å². The van der Waals surface area contributed by atoms with E-state index in [1.54, 1.807) is 16.5 Å². The zero-order valence-electron chi connectivity index (χ0n) is 12.8. The van der Waals surface area contributed by atoms with Crippen LogP contribution in [-0.2, 0) is 11.3 Å². The highest BCUT2D eigenvalue weighted by molar-refractivity contribution is 7.07. The summed E-state index contributed by atoms with van der Waals surface area (Å²) in [7, 11) is 1.79. The van der Waals surface area contributed by atoms with Crippen LogP contribution in [0.25, 0.3) is 0 Å². The van der Waals surface area contributed by atoms with E-state index in [1.807, 2.05) is 12.3 Å². The molecule has 0 aromatic carbocycles. The average Bonchev–Trinajstić information content (AvgIpc) is 2.72. The van der Waals surface area contributed by atoms with Crippen LogP contribution >= 0.6 is 11.3 Å². The summed E-state index contributed by atoms with van der Waals surface area (Å²) in [5.41, 5.74) is 6.89. The Labute approximate surface area is 124 Å². The summed E-state index contributed by atoms with van der Waals surface area (Å²) in [6, 6.07) is 0.118. The first-order valence-corrected chi connectivity index (χ1v) is 7.85. The van der Waals surface area contributed by atoms with Gasteiger partial charge in [0.15, 0.2) is 0 Å². The van der Waals surface area contributed by atoms with Crippen LogP contribution in [0, 0.1) is 12.8 Å². The van der Waals surface area contributed by atoms with Crippen LogP contribution in [0.1, 0.15) is 32.4 Å². The van der Waals surface area contributed by atoms with E-state index in [-0.39, 0.29) is 16.8 Å². The van der Waals surface area contributed by atoms with Gasteiger partial charge in [0.05, 0.1) is 0 Å². The van der Waals surface area contributed by atoms with Crippen molar-refractivity contribution in [3.05, 3.63) is 20.7 Å². The lowest BCUT2D eigenvalue weighted by Gasteiger charge is -2.21. The maximum absolute atomic E-state index is 12.0. The van der Waals surface area contributed by atoms with Crippen LogP contribution in [0.2, 0.25) is 0 Å². The molecule has 0 saturated carbocycles. The number of hydrogen-bond acceptors (Lipinski definition) is 4. The summed E-state index contributed by atoms with van der Waals surface area (Å²) in [4.78, 5) is 25.3. The third kappa shape index (κ3) is 4.76. The van der Waals surface area contributed by atoms with E-state index in [0.29, 0.717) is 25.4 Å². The summed E-state index contributed by atoms with van der Waals surface area (Å²) in [6.45, 7) is 7.16. The van der Waals surface area contributed by atoms with Gasteiger partial charge in [-0.05, 0) is 19.3 Å². The molecule has 0 saturated heterocycles. The minimum absolute atomic E-state index is 0.000201. The molecule has 0 fully saturated rings. The molecular weight excluding hydrogens is 274 g/mol. The van der Waals surface area contributed by atoms with Crippen molar-refractivity contribution in [2.45, 2.75) is 46.2 Å². The molecule has 0 aliphatic rings. The minimum atomic E-state index is -0.000201. The van der Waals surface area contributed by atoms with Crippen molar-refractivity contribution < 1.29 is 4.79 Å². The normalized spacial score (nSPS) is 12.7. The number of hydrogen-bond donors (Lipinski definition) is 1. The van der Waals surface area contributed by atoms with Gasteiger partial charge in [0, 0.05) is 43.7 Å². The summed E-state index contributed by atoms with van der Waals surface area (Å²) in [6.07, 6.45) is 1.15. The van der Waals surface area contributed by atoms with Crippen molar-refractivity contribution in [3.8, 4) is 0 Å². The first-order valence-electron chi connectivity index (χ1n) is 6.97. The Balaban J connectivity index is 2.41. The Morgan fingerprint density at radius 2 is 2.15 bits per heavy atom. The van der Waals surface area contributed by atoms with Crippen molar-refractivity contribution in [1.82, 2.24) is 9.47 Å². The van der Waals surface area contributed by atoms with E-state index in [1.165, 1.54) is 11.3 Å². The second-order valence-corrected chi connectivity index (χ2v) is 6.38. The van der Waals surface area contributed by atoms with E-state index in [4.69, 9.17) is 5.73 Å². The van der Waals surface area contributed by atoms with Crippen LogP contribution in [-0.4, -0.2) is 35.0 Å². The van der Waals surface area contributed by atoms with Gasteiger partial charge in [0.25, 0.3) is 0 Å². The smallest absolute Gasteiger partial charge is 0.307 e. The van der Waals surface area contributed by atoms with E-state index in [9.17, 15) is 9.59 Å². The fourth-order valence-electron chi connectivity index (χ4n) is 1.87. The van der Waals surface area contributed by atoms with Crippen LogP contribution in [0.4, 0.5) is 0 Å². The first-order chi connectivity index (χ1) is 9.32. The monoisotopic (exact) mass is 299 g/mol.